The number of anilines is 1. The second-order valence-corrected chi connectivity index (χ2v) is 4.67. The van der Waals surface area contributed by atoms with Gasteiger partial charge in [-0.25, -0.2) is 4.98 Å². The topological polar surface area (TPSA) is 85.3 Å². The Morgan fingerprint density at radius 3 is 3.00 bits per heavy atom. The van der Waals surface area contributed by atoms with Crippen molar-refractivity contribution in [2.24, 2.45) is 5.73 Å². The molecule has 0 aliphatic carbocycles. The number of aromatic nitrogens is 1. The summed E-state index contributed by atoms with van der Waals surface area (Å²) in [5.41, 5.74) is 6.66. The van der Waals surface area contributed by atoms with Gasteiger partial charge in [0.25, 0.3) is 5.69 Å². The maximum Gasteiger partial charge on any atom is 0.287 e. The Hall–Kier alpha value is -1.69. The molecule has 0 spiro atoms. The van der Waals surface area contributed by atoms with E-state index in [0.29, 0.717) is 12.6 Å². The molecule has 1 aromatic heterocycles. The Morgan fingerprint density at radius 2 is 2.39 bits per heavy atom. The van der Waals surface area contributed by atoms with Crippen LogP contribution in [-0.2, 0) is 0 Å². The zero-order valence-corrected chi connectivity index (χ0v) is 10.5. The molecule has 1 saturated heterocycles. The third kappa shape index (κ3) is 2.43. The van der Waals surface area contributed by atoms with Crippen molar-refractivity contribution in [3.63, 3.8) is 0 Å². The van der Waals surface area contributed by atoms with Gasteiger partial charge in [-0.15, -0.1) is 0 Å². The first-order valence-corrected chi connectivity index (χ1v) is 6.21. The van der Waals surface area contributed by atoms with Gasteiger partial charge in [0.1, 0.15) is 12.0 Å². The number of aryl methyl sites for hydroxylation is 1. The van der Waals surface area contributed by atoms with E-state index in [9.17, 15) is 10.1 Å². The first-order valence-electron chi connectivity index (χ1n) is 6.21. The number of nitrogens with zero attached hydrogens (tertiary/aromatic N) is 3. The van der Waals surface area contributed by atoms with Crippen molar-refractivity contribution in [1.82, 2.24) is 4.98 Å². The molecule has 1 unspecified atom stereocenters. The maximum absolute atomic E-state index is 10.7. The van der Waals surface area contributed by atoms with Crippen molar-refractivity contribution in [3.8, 4) is 0 Å². The molecule has 18 heavy (non-hydrogen) atoms. The number of hydrogen-bond acceptors (Lipinski definition) is 5. The Bertz CT molecular complexity index is 450. The second kappa shape index (κ2) is 5.30. The van der Waals surface area contributed by atoms with E-state index in [1.54, 1.807) is 6.07 Å². The van der Waals surface area contributed by atoms with Crippen molar-refractivity contribution in [2.45, 2.75) is 32.2 Å². The van der Waals surface area contributed by atoms with Crippen molar-refractivity contribution < 1.29 is 4.92 Å². The van der Waals surface area contributed by atoms with Gasteiger partial charge in [-0.3, -0.25) is 10.1 Å². The molecule has 6 heteroatoms. The van der Waals surface area contributed by atoms with Crippen LogP contribution in [0.25, 0.3) is 0 Å². The van der Waals surface area contributed by atoms with E-state index in [-0.39, 0.29) is 5.69 Å². The number of nitro groups is 1. The molecule has 0 amide bonds. The molecule has 98 valence electrons. The minimum atomic E-state index is -0.416. The number of pyridine rings is 1. The predicted molar refractivity (Wildman–Crippen MR) is 69.7 cm³/mol. The summed E-state index contributed by atoms with van der Waals surface area (Å²) < 4.78 is 0. The SMILES string of the molecule is Cc1cc([N+](=O)[O-])cnc1N1CCCCC1CN. The Kier molecular flexibility index (Phi) is 3.76. The quantitative estimate of drug-likeness (QED) is 0.650. The molecule has 1 aromatic rings. The van der Waals surface area contributed by atoms with Crippen molar-refractivity contribution in [1.29, 1.82) is 0 Å². The molecule has 2 N–H and O–H groups in total. The van der Waals surface area contributed by atoms with Crippen LogP contribution in [0.1, 0.15) is 24.8 Å². The van der Waals surface area contributed by atoms with Crippen LogP contribution in [-0.4, -0.2) is 29.0 Å². The van der Waals surface area contributed by atoms with Gasteiger partial charge in [0.2, 0.25) is 0 Å². The lowest BCUT2D eigenvalue weighted by molar-refractivity contribution is -0.385. The van der Waals surface area contributed by atoms with Crippen LogP contribution >= 0.6 is 0 Å². The van der Waals surface area contributed by atoms with Crippen molar-refractivity contribution in [2.75, 3.05) is 18.0 Å². The molecule has 1 fully saturated rings. The van der Waals surface area contributed by atoms with Gasteiger partial charge >= 0.3 is 0 Å². The van der Waals surface area contributed by atoms with E-state index in [4.69, 9.17) is 5.73 Å². The average Bonchev–Trinajstić information content (AvgIpc) is 2.38. The zero-order chi connectivity index (χ0) is 13.1. The molecule has 0 aromatic carbocycles. The van der Waals surface area contributed by atoms with Crippen molar-refractivity contribution >= 4 is 11.5 Å². The first-order chi connectivity index (χ1) is 8.63. The molecule has 1 atom stereocenters. The first kappa shape index (κ1) is 12.8. The molecule has 1 aliphatic rings. The van der Waals surface area contributed by atoms with E-state index in [0.717, 1.165) is 30.8 Å². The summed E-state index contributed by atoms with van der Waals surface area (Å²) in [6, 6.07) is 1.87. The standard InChI is InChI=1S/C12H18N4O2/c1-9-6-11(16(17)18)8-14-12(9)15-5-3-2-4-10(15)7-13/h6,8,10H,2-5,7,13H2,1H3. The molecule has 0 radical (unpaired) electrons. The fourth-order valence-corrected chi connectivity index (χ4v) is 2.48. The van der Waals surface area contributed by atoms with E-state index in [2.05, 4.69) is 9.88 Å². The summed E-state index contributed by atoms with van der Waals surface area (Å²) >= 11 is 0. The zero-order valence-electron chi connectivity index (χ0n) is 10.5. The molecular formula is C12H18N4O2. The van der Waals surface area contributed by atoms with E-state index in [1.165, 1.54) is 12.6 Å². The molecule has 0 saturated carbocycles. The summed E-state index contributed by atoms with van der Waals surface area (Å²) in [5.74, 6) is 0.829. The number of nitrogens with two attached hydrogens (primary N) is 1. The number of rotatable bonds is 3. The maximum atomic E-state index is 10.7. The highest BCUT2D eigenvalue weighted by Crippen LogP contribution is 2.27. The van der Waals surface area contributed by atoms with Gasteiger partial charge in [-0.05, 0) is 31.7 Å². The summed E-state index contributed by atoms with van der Waals surface area (Å²) in [4.78, 5) is 16.7. The largest absolute Gasteiger partial charge is 0.352 e. The smallest absolute Gasteiger partial charge is 0.287 e. The van der Waals surface area contributed by atoms with Crippen LogP contribution in [0.15, 0.2) is 12.3 Å². The van der Waals surface area contributed by atoms with E-state index < -0.39 is 4.92 Å². The summed E-state index contributed by atoms with van der Waals surface area (Å²) in [6.07, 6.45) is 4.69. The highest BCUT2D eigenvalue weighted by molar-refractivity contribution is 5.51. The van der Waals surface area contributed by atoms with Crippen LogP contribution in [0.4, 0.5) is 11.5 Å². The summed E-state index contributed by atoms with van der Waals surface area (Å²) in [5, 5.41) is 10.7. The summed E-state index contributed by atoms with van der Waals surface area (Å²) in [6.45, 7) is 3.38. The van der Waals surface area contributed by atoms with Crippen LogP contribution in [0.3, 0.4) is 0 Å². The van der Waals surface area contributed by atoms with Crippen LogP contribution in [0, 0.1) is 17.0 Å². The molecule has 2 heterocycles. The fraction of sp³-hybridized carbons (Fsp3) is 0.583. The lowest BCUT2D eigenvalue weighted by atomic mass is 10.0. The third-order valence-electron chi connectivity index (χ3n) is 3.42. The number of piperidine rings is 1. The lowest BCUT2D eigenvalue weighted by Gasteiger charge is -2.36. The average molecular weight is 250 g/mol. The van der Waals surface area contributed by atoms with E-state index in [1.807, 2.05) is 6.92 Å². The van der Waals surface area contributed by atoms with Crippen LogP contribution in [0.5, 0.6) is 0 Å². The predicted octanol–water partition coefficient (Wildman–Crippen LogP) is 1.62. The Labute approximate surface area is 106 Å². The third-order valence-corrected chi connectivity index (χ3v) is 3.42. The number of hydrogen-bond donors (Lipinski definition) is 1. The monoisotopic (exact) mass is 250 g/mol. The van der Waals surface area contributed by atoms with Gasteiger partial charge < -0.3 is 10.6 Å². The van der Waals surface area contributed by atoms with E-state index >= 15 is 0 Å². The Balaban J connectivity index is 2.29. The van der Waals surface area contributed by atoms with Gasteiger partial charge in [0.05, 0.1) is 4.92 Å². The molecule has 2 rings (SSSR count). The lowest BCUT2D eigenvalue weighted by Crippen LogP contribution is -2.44. The van der Waals surface area contributed by atoms with Crippen molar-refractivity contribution in [3.05, 3.63) is 27.9 Å². The highest BCUT2D eigenvalue weighted by Gasteiger charge is 2.24. The fourth-order valence-electron chi connectivity index (χ4n) is 2.48. The minimum Gasteiger partial charge on any atom is -0.352 e. The minimum absolute atomic E-state index is 0.0394. The molecule has 1 aliphatic heterocycles. The molecule has 0 bridgehead atoms. The second-order valence-electron chi connectivity index (χ2n) is 4.67. The molecule has 6 nitrogen and oxygen atoms in total. The van der Waals surface area contributed by atoms with Gasteiger partial charge in [-0.1, -0.05) is 0 Å². The summed E-state index contributed by atoms with van der Waals surface area (Å²) in [7, 11) is 0. The molecular weight excluding hydrogens is 232 g/mol. The van der Waals surface area contributed by atoms with Gasteiger partial charge in [0.15, 0.2) is 0 Å². The van der Waals surface area contributed by atoms with Crippen LogP contribution in [0.2, 0.25) is 0 Å². The highest BCUT2D eigenvalue weighted by atomic mass is 16.6. The van der Waals surface area contributed by atoms with Crippen LogP contribution < -0.4 is 10.6 Å². The van der Waals surface area contributed by atoms with Gasteiger partial charge in [-0.2, -0.15) is 0 Å². The normalized spacial score (nSPS) is 19.9. The van der Waals surface area contributed by atoms with Gasteiger partial charge in [0, 0.05) is 25.2 Å². The Morgan fingerprint density at radius 1 is 1.61 bits per heavy atom.